The van der Waals surface area contributed by atoms with Crippen LogP contribution in [0.2, 0.25) is 0 Å². The second-order valence-electron chi connectivity index (χ2n) is 9.03. The molecule has 32 heavy (non-hydrogen) atoms. The molecule has 1 saturated carbocycles. The van der Waals surface area contributed by atoms with Gasteiger partial charge in [-0.15, -0.1) is 0 Å². The summed E-state index contributed by atoms with van der Waals surface area (Å²) in [4.78, 5) is 39.9. The zero-order valence-electron chi connectivity index (χ0n) is 18.6. The van der Waals surface area contributed by atoms with E-state index in [4.69, 9.17) is 0 Å². The summed E-state index contributed by atoms with van der Waals surface area (Å²) in [6, 6.07) is 13.7. The smallest absolute Gasteiger partial charge is 0.254 e. The number of carbonyl (C=O) groups excluding carboxylic acids is 3. The summed E-state index contributed by atoms with van der Waals surface area (Å²) in [5.41, 5.74) is 0.689. The molecule has 0 radical (unpaired) electrons. The van der Waals surface area contributed by atoms with Gasteiger partial charge in [-0.25, -0.2) is 0 Å². The third kappa shape index (κ3) is 5.29. The average Bonchev–Trinajstić information content (AvgIpc) is 2.86. The van der Waals surface area contributed by atoms with Gasteiger partial charge in [0.15, 0.2) is 0 Å². The Morgan fingerprint density at radius 3 is 2.22 bits per heavy atom. The molecule has 2 aliphatic rings. The molecular weight excluding hydrogens is 402 g/mol. The molecule has 6 nitrogen and oxygen atoms in total. The summed E-state index contributed by atoms with van der Waals surface area (Å²) in [6.07, 6.45) is 7.02. The minimum Gasteiger partial charge on any atom is -0.354 e. The van der Waals surface area contributed by atoms with Gasteiger partial charge in [0, 0.05) is 37.7 Å². The second kappa shape index (κ2) is 10.6. The number of rotatable bonds is 6. The number of fused-ring (bicyclic) bond motifs is 1. The Labute approximate surface area is 189 Å². The fourth-order valence-electron chi connectivity index (χ4n) is 4.98. The van der Waals surface area contributed by atoms with Crippen LogP contribution in [0.1, 0.15) is 55.3 Å². The highest BCUT2D eigenvalue weighted by atomic mass is 16.2. The first-order valence-corrected chi connectivity index (χ1v) is 12.0. The number of hydrogen-bond acceptors (Lipinski definition) is 3. The van der Waals surface area contributed by atoms with E-state index in [1.165, 1.54) is 6.42 Å². The van der Waals surface area contributed by atoms with Gasteiger partial charge in [-0.2, -0.15) is 0 Å². The van der Waals surface area contributed by atoms with E-state index in [0.29, 0.717) is 31.7 Å². The number of benzene rings is 2. The van der Waals surface area contributed by atoms with E-state index >= 15 is 0 Å². The molecule has 0 bridgehead atoms. The topological polar surface area (TPSA) is 78.5 Å². The number of amides is 3. The SMILES string of the molecule is O=C(NCCNC(=O)C1CCCN(C(=O)c2cccc3ccccc23)C1)C1CCCCC1. The van der Waals surface area contributed by atoms with Crippen LogP contribution < -0.4 is 10.6 Å². The van der Waals surface area contributed by atoms with Crippen molar-refractivity contribution in [2.45, 2.75) is 44.9 Å². The molecule has 6 heteroatoms. The van der Waals surface area contributed by atoms with Crippen LogP contribution in [0, 0.1) is 11.8 Å². The van der Waals surface area contributed by atoms with Gasteiger partial charge < -0.3 is 15.5 Å². The third-order valence-corrected chi connectivity index (χ3v) is 6.80. The van der Waals surface area contributed by atoms with Crippen LogP contribution in [0.15, 0.2) is 42.5 Å². The van der Waals surface area contributed by atoms with Crippen molar-refractivity contribution < 1.29 is 14.4 Å². The van der Waals surface area contributed by atoms with Crippen LogP contribution in [0.5, 0.6) is 0 Å². The number of nitrogens with zero attached hydrogens (tertiary/aromatic N) is 1. The van der Waals surface area contributed by atoms with Crippen molar-refractivity contribution in [2.24, 2.45) is 11.8 Å². The van der Waals surface area contributed by atoms with Crippen LogP contribution in [0.3, 0.4) is 0 Å². The molecule has 1 aliphatic carbocycles. The number of piperidine rings is 1. The molecule has 0 spiro atoms. The Morgan fingerprint density at radius 1 is 0.781 bits per heavy atom. The number of carbonyl (C=O) groups is 3. The zero-order chi connectivity index (χ0) is 22.3. The predicted molar refractivity (Wildman–Crippen MR) is 125 cm³/mol. The largest absolute Gasteiger partial charge is 0.354 e. The molecule has 2 N–H and O–H groups in total. The van der Waals surface area contributed by atoms with Crippen LogP contribution in [-0.4, -0.2) is 48.8 Å². The normalized spacial score (nSPS) is 19.5. The molecule has 2 fully saturated rings. The molecule has 1 aliphatic heterocycles. The lowest BCUT2D eigenvalue weighted by atomic mass is 9.89. The minimum absolute atomic E-state index is 0.0148. The first-order chi connectivity index (χ1) is 15.6. The Kier molecular flexibility index (Phi) is 7.40. The van der Waals surface area contributed by atoms with Gasteiger partial charge in [-0.1, -0.05) is 55.7 Å². The maximum Gasteiger partial charge on any atom is 0.254 e. The van der Waals surface area contributed by atoms with Crippen molar-refractivity contribution in [2.75, 3.05) is 26.2 Å². The lowest BCUT2D eigenvalue weighted by Crippen LogP contribution is -2.46. The van der Waals surface area contributed by atoms with Gasteiger partial charge in [-0.3, -0.25) is 14.4 Å². The highest BCUT2D eigenvalue weighted by Gasteiger charge is 2.29. The van der Waals surface area contributed by atoms with Crippen molar-refractivity contribution >= 4 is 28.5 Å². The Morgan fingerprint density at radius 2 is 1.44 bits per heavy atom. The molecule has 3 amide bonds. The van der Waals surface area contributed by atoms with Gasteiger partial charge in [-0.05, 0) is 42.5 Å². The van der Waals surface area contributed by atoms with E-state index in [1.54, 1.807) is 4.90 Å². The second-order valence-corrected chi connectivity index (χ2v) is 9.03. The summed E-state index contributed by atoms with van der Waals surface area (Å²) < 4.78 is 0. The van der Waals surface area contributed by atoms with Gasteiger partial charge in [0.2, 0.25) is 11.8 Å². The lowest BCUT2D eigenvalue weighted by Gasteiger charge is -2.32. The van der Waals surface area contributed by atoms with Gasteiger partial charge in [0.25, 0.3) is 5.91 Å². The van der Waals surface area contributed by atoms with Crippen molar-refractivity contribution in [1.82, 2.24) is 15.5 Å². The van der Waals surface area contributed by atoms with Crippen LogP contribution >= 0.6 is 0 Å². The molecule has 1 heterocycles. The predicted octanol–water partition coefficient (Wildman–Crippen LogP) is 3.50. The van der Waals surface area contributed by atoms with E-state index in [1.807, 2.05) is 42.5 Å². The van der Waals surface area contributed by atoms with E-state index in [9.17, 15) is 14.4 Å². The zero-order valence-corrected chi connectivity index (χ0v) is 18.6. The Balaban J connectivity index is 1.27. The molecule has 1 saturated heterocycles. The minimum atomic E-state index is -0.211. The highest BCUT2D eigenvalue weighted by molar-refractivity contribution is 6.07. The first-order valence-electron chi connectivity index (χ1n) is 12.0. The molecule has 170 valence electrons. The first kappa shape index (κ1) is 22.3. The molecule has 4 rings (SSSR count). The van der Waals surface area contributed by atoms with Crippen LogP contribution in [0.4, 0.5) is 0 Å². The summed E-state index contributed by atoms with van der Waals surface area (Å²) in [7, 11) is 0. The number of likely N-dealkylation sites (tertiary alicyclic amines) is 1. The van der Waals surface area contributed by atoms with Crippen molar-refractivity contribution in [1.29, 1.82) is 0 Å². The summed E-state index contributed by atoms with van der Waals surface area (Å²) in [5.74, 6) is -0.0157. The fourth-order valence-corrected chi connectivity index (χ4v) is 4.98. The monoisotopic (exact) mass is 435 g/mol. The van der Waals surface area contributed by atoms with Crippen molar-refractivity contribution in [3.05, 3.63) is 48.0 Å². The molecule has 1 unspecified atom stereocenters. The molecule has 2 aromatic rings. The highest BCUT2D eigenvalue weighted by Crippen LogP contribution is 2.24. The number of nitrogens with one attached hydrogen (secondary N) is 2. The van der Waals surface area contributed by atoms with Gasteiger partial charge in [0.1, 0.15) is 0 Å². The van der Waals surface area contributed by atoms with Gasteiger partial charge in [0.05, 0.1) is 5.92 Å². The summed E-state index contributed by atoms with van der Waals surface area (Å²) >= 11 is 0. The average molecular weight is 436 g/mol. The van der Waals surface area contributed by atoms with Crippen molar-refractivity contribution in [3.8, 4) is 0 Å². The van der Waals surface area contributed by atoms with Crippen molar-refractivity contribution in [3.63, 3.8) is 0 Å². The number of hydrogen-bond donors (Lipinski definition) is 2. The van der Waals surface area contributed by atoms with E-state index in [0.717, 1.165) is 49.3 Å². The van der Waals surface area contributed by atoms with E-state index < -0.39 is 0 Å². The maximum absolute atomic E-state index is 13.2. The van der Waals surface area contributed by atoms with E-state index in [-0.39, 0.29) is 29.6 Å². The van der Waals surface area contributed by atoms with Gasteiger partial charge >= 0.3 is 0 Å². The van der Waals surface area contributed by atoms with E-state index in [2.05, 4.69) is 10.6 Å². The van der Waals surface area contributed by atoms with Crippen LogP contribution in [-0.2, 0) is 9.59 Å². The Hall–Kier alpha value is -2.89. The Bertz CT molecular complexity index is 962. The molecule has 0 aromatic heterocycles. The maximum atomic E-state index is 13.2. The quantitative estimate of drug-likeness (QED) is 0.682. The summed E-state index contributed by atoms with van der Waals surface area (Å²) in [5, 5.41) is 7.89. The third-order valence-electron chi connectivity index (χ3n) is 6.80. The summed E-state index contributed by atoms with van der Waals surface area (Å²) in [6.45, 7) is 1.98. The van der Waals surface area contributed by atoms with Crippen LogP contribution in [0.25, 0.3) is 10.8 Å². The molecular formula is C26H33N3O3. The molecule has 1 atom stereocenters. The fraction of sp³-hybridized carbons (Fsp3) is 0.500. The molecule has 2 aromatic carbocycles. The standard InChI is InChI=1S/C26H33N3O3/c30-24(20-9-2-1-3-10-20)27-15-16-28-25(31)21-12-7-17-29(18-21)26(32)23-14-6-11-19-8-4-5-13-22(19)23/h4-6,8,11,13-14,20-21H,1-3,7,9-10,12,15-18H2,(H,27,30)(H,28,31). The lowest BCUT2D eigenvalue weighted by molar-refractivity contribution is -0.128.